The number of ether oxygens (including phenoxy) is 3. The van der Waals surface area contributed by atoms with Gasteiger partial charge in [-0.15, -0.1) is 5.10 Å². The number of hydrogen-bond acceptors (Lipinski definition) is 7. The average Bonchev–Trinajstić information content (AvgIpc) is 2.90. The average molecular weight is 283 g/mol. The normalized spacial score (nSPS) is 18.6. The van der Waals surface area contributed by atoms with Crippen LogP contribution in [0.3, 0.4) is 0 Å². The maximum atomic E-state index is 11.7. The Kier molecular flexibility index (Phi) is 4.67. The van der Waals surface area contributed by atoms with Gasteiger partial charge in [-0.3, -0.25) is 4.79 Å². The van der Waals surface area contributed by atoms with Gasteiger partial charge in [0.15, 0.2) is 5.69 Å². The number of hydrogen-bond donors (Lipinski definition) is 0. The van der Waals surface area contributed by atoms with Crippen molar-refractivity contribution in [1.82, 2.24) is 15.0 Å². The minimum Gasteiger partial charge on any atom is -0.469 e. The van der Waals surface area contributed by atoms with E-state index < -0.39 is 11.9 Å². The van der Waals surface area contributed by atoms with E-state index in [1.807, 2.05) is 0 Å². The lowest BCUT2D eigenvalue weighted by Gasteiger charge is -2.23. The van der Waals surface area contributed by atoms with Gasteiger partial charge in [0, 0.05) is 6.61 Å². The quantitative estimate of drug-likeness (QED) is 0.725. The van der Waals surface area contributed by atoms with Crippen LogP contribution in [-0.2, 0) is 25.4 Å². The Bertz CT molecular complexity index is 493. The van der Waals surface area contributed by atoms with Crippen LogP contribution >= 0.6 is 0 Å². The Hall–Kier alpha value is -1.96. The SMILES string of the molecule is COC(=O)Cc1c(C(=O)OC)nnn1C1CCCOC1. The maximum absolute atomic E-state index is 11.7. The lowest BCUT2D eigenvalue weighted by atomic mass is 10.1. The third-order valence-electron chi connectivity index (χ3n) is 3.19. The topological polar surface area (TPSA) is 92.5 Å². The molecule has 0 aromatic carbocycles. The summed E-state index contributed by atoms with van der Waals surface area (Å²) >= 11 is 0. The van der Waals surface area contributed by atoms with Crippen molar-refractivity contribution in [2.45, 2.75) is 25.3 Å². The van der Waals surface area contributed by atoms with E-state index in [2.05, 4.69) is 19.8 Å². The molecule has 8 nitrogen and oxygen atoms in total. The van der Waals surface area contributed by atoms with Gasteiger partial charge in [-0.25, -0.2) is 9.48 Å². The summed E-state index contributed by atoms with van der Waals surface area (Å²) in [5.41, 5.74) is 0.447. The number of rotatable bonds is 4. The molecule has 1 aromatic heterocycles. The first-order chi connectivity index (χ1) is 9.67. The summed E-state index contributed by atoms with van der Waals surface area (Å²) in [6.45, 7) is 1.19. The third-order valence-corrected chi connectivity index (χ3v) is 3.19. The first-order valence-corrected chi connectivity index (χ1v) is 6.34. The molecule has 0 aliphatic carbocycles. The van der Waals surface area contributed by atoms with Crippen molar-refractivity contribution in [3.05, 3.63) is 11.4 Å². The van der Waals surface area contributed by atoms with Crippen LogP contribution in [0.5, 0.6) is 0 Å². The highest BCUT2D eigenvalue weighted by Crippen LogP contribution is 2.22. The molecule has 1 fully saturated rings. The van der Waals surface area contributed by atoms with Gasteiger partial charge in [0.2, 0.25) is 0 Å². The van der Waals surface area contributed by atoms with E-state index in [1.165, 1.54) is 14.2 Å². The van der Waals surface area contributed by atoms with Crippen LogP contribution in [0, 0.1) is 0 Å². The van der Waals surface area contributed by atoms with Gasteiger partial charge in [0.1, 0.15) is 0 Å². The van der Waals surface area contributed by atoms with Crippen LogP contribution in [0.4, 0.5) is 0 Å². The highest BCUT2D eigenvalue weighted by atomic mass is 16.5. The molecule has 1 aliphatic heterocycles. The van der Waals surface area contributed by atoms with Crippen LogP contribution in [0.1, 0.15) is 35.1 Å². The molecule has 1 unspecified atom stereocenters. The Labute approximate surface area is 116 Å². The Balaban J connectivity index is 2.32. The molecule has 0 radical (unpaired) electrons. The second kappa shape index (κ2) is 6.47. The summed E-state index contributed by atoms with van der Waals surface area (Å²) in [7, 11) is 2.55. The second-order valence-electron chi connectivity index (χ2n) is 4.44. The molecule has 0 saturated carbocycles. The summed E-state index contributed by atoms with van der Waals surface area (Å²) in [6.07, 6.45) is 1.68. The summed E-state index contributed by atoms with van der Waals surface area (Å²) < 4.78 is 16.3. The summed E-state index contributed by atoms with van der Waals surface area (Å²) in [6, 6.07) is -0.0330. The van der Waals surface area contributed by atoms with E-state index in [4.69, 9.17) is 4.74 Å². The molecule has 1 saturated heterocycles. The lowest BCUT2D eigenvalue weighted by molar-refractivity contribution is -0.139. The number of nitrogens with zero attached hydrogens (tertiary/aromatic N) is 3. The third kappa shape index (κ3) is 2.96. The van der Waals surface area contributed by atoms with Crippen molar-refractivity contribution >= 4 is 11.9 Å². The largest absolute Gasteiger partial charge is 0.469 e. The molecule has 0 spiro atoms. The molecule has 0 amide bonds. The molecule has 20 heavy (non-hydrogen) atoms. The second-order valence-corrected chi connectivity index (χ2v) is 4.44. The predicted molar refractivity (Wildman–Crippen MR) is 66.2 cm³/mol. The van der Waals surface area contributed by atoms with Gasteiger partial charge in [0.25, 0.3) is 0 Å². The zero-order valence-electron chi connectivity index (χ0n) is 11.5. The van der Waals surface area contributed by atoms with Crippen molar-refractivity contribution in [2.75, 3.05) is 27.4 Å². The molecule has 0 bridgehead atoms. The van der Waals surface area contributed by atoms with Crippen molar-refractivity contribution in [2.24, 2.45) is 0 Å². The highest BCUT2D eigenvalue weighted by molar-refractivity contribution is 5.89. The Morgan fingerprint density at radius 3 is 2.80 bits per heavy atom. The summed E-state index contributed by atoms with van der Waals surface area (Å²) in [5, 5.41) is 7.80. The first kappa shape index (κ1) is 14.4. The van der Waals surface area contributed by atoms with Gasteiger partial charge in [-0.1, -0.05) is 5.21 Å². The molecular formula is C12H17N3O5. The fourth-order valence-corrected chi connectivity index (χ4v) is 2.15. The van der Waals surface area contributed by atoms with Crippen LogP contribution in [0.2, 0.25) is 0 Å². The van der Waals surface area contributed by atoms with Crippen LogP contribution in [0.25, 0.3) is 0 Å². The van der Waals surface area contributed by atoms with Gasteiger partial charge in [-0.05, 0) is 12.8 Å². The van der Waals surface area contributed by atoms with Crippen molar-refractivity contribution in [1.29, 1.82) is 0 Å². The molecule has 2 rings (SSSR count). The van der Waals surface area contributed by atoms with Crippen LogP contribution in [0.15, 0.2) is 0 Å². The number of aromatic nitrogens is 3. The molecule has 2 heterocycles. The number of esters is 2. The molecule has 8 heteroatoms. The zero-order valence-corrected chi connectivity index (χ0v) is 11.5. The molecule has 110 valence electrons. The molecule has 1 aliphatic rings. The van der Waals surface area contributed by atoms with Crippen molar-refractivity contribution in [3.8, 4) is 0 Å². The monoisotopic (exact) mass is 283 g/mol. The number of carbonyl (C=O) groups is 2. The fraction of sp³-hybridized carbons (Fsp3) is 0.667. The van der Waals surface area contributed by atoms with Crippen LogP contribution in [-0.4, -0.2) is 54.4 Å². The van der Waals surface area contributed by atoms with Crippen LogP contribution < -0.4 is 0 Å². The van der Waals surface area contributed by atoms with E-state index in [0.29, 0.717) is 18.9 Å². The van der Waals surface area contributed by atoms with Crippen molar-refractivity contribution < 1.29 is 23.8 Å². The smallest absolute Gasteiger partial charge is 0.360 e. The maximum Gasteiger partial charge on any atom is 0.360 e. The van der Waals surface area contributed by atoms with E-state index >= 15 is 0 Å². The van der Waals surface area contributed by atoms with Gasteiger partial charge in [0.05, 0.1) is 39.0 Å². The predicted octanol–water partition coefficient (Wildman–Crippen LogP) is 0.132. The van der Waals surface area contributed by atoms with E-state index in [-0.39, 0.29) is 18.2 Å². The molecule has 0 N–H and O–H groups in total. The Morgan fingerprint density at radius 2 is 2.20 bits per heavy atom. The van der Waals surface area contributed by atoms with Gasteiger partial charge < -0.3 is 14.2 Å². The first-order valence-electron chi connectivity index (χ1n) is 6.34. The van der Waals surface area contributed by atoms with Gasteiger partial charge in [-0.2, -0.15) is 0 Å². The number of methoxy groups -OCH3 is 2. The number of carbonyl (C=O) groups excluding carboxylic acids is 2. The minimum atomic E-state index is -0.619. The van der Waals surface area contributed by atoms with E-state index in [0.717, 1.165) is 12.8 Å². The Morgan fingerprint density at radius 1 is 1.40 bits per heavy atom. The molecular weight excluding hydrogens is 266 g/mol. The standard InChI is InChI=1S/C12H17N3O5/c1-18-10(16)6-9-11(12(17)19-2)13-14-15(9)8-4-3-5-20-7-8/h8H,3-7H2,1-2H3. The fourth-order valence-electron chi connectivity index (χ4n) is 2.15. The minimum absolute atomic E-state index is 0.0330. The van der Waals surface area contributed by atoms with Gasteiger partial charge >= 0.3 is 11.9 Å². The summed E-state index contributed by atoms with van der Waals surface area (Å²) in [4.78, 5) is 23.2. The molecule has 1 atom stereocenters. The molecule has 1 aromatic rings. The summed E-state index contributed by atoms with van der Waals surface area (Å²) in [5.74, 6) is -1.08. The van der Waals surface area contributed by atoms with E-state index in [9.17, 15) is 9.59 Å². The van der Waals surface area contributed by atoms with E-state index in [1.54, 1.807) is 4.68 Å². The van der Waals surface area contributed by atoms with Crippen molar-refractivity contribution in [3.63, 3.8) is 0 Å². The lowest BCUT2D eigenvalue weighted by Crippen LogP contribution is -2.25. The highest BCUT2D eigenvalue weighted by Gasteiger charge is 2.27. The zero-order chi connectivity index (χ0) is 14.5.